The van der Waals surface area contributed by atoms with Gasteiger partial charge in [-0.2, -0.15) is 0 Å². The molecule has 4 amide bonds. The largest absolute Gasteiger partial charge is 0.376 e. The molecular weight excluding hydrogens is 468 g/mol. The lowest BCUT2D eigenvalue weighted by Gasteiger charge is -2.41. The van der Waals surface area contributed by atoms with E-state index in [-0.39, 0.29) is 36.8 Å². The highest BCUT2D eigenvalue weighted by Crippen LogP contribution is 2.41. The van der Waals surface area contributed by atoms with E-state index in [2.05, 4.69) is 10.3 Å². The molecule has 0 radical (unpaired) electrons. The van der Waals surface area contributed by atoms with Crippen molar-refractivity contribution >= 4 is 29.4 Å². The Bertz CT molecular complexity index is 1100. The molecule has 0 saturated carbocycles. The number of nitrogens with zero attached hydrogens (tertiary/aromatic N) is 3. The van der Waals surface area contributed by atoms with Gasteiger partial charge in [-0.25, -0.2) is 4.79 Å². The number of rotatable bonds is 6. The van der Waals surface area contributed by atoms with Gasteiger partial charge in [-0.05, 0) is 49.3 Å². The summed E-state index contributed by atoms with van der Waals surface area (Å²) in [5.74, 6) is -0.414. The lowest BCUT2D eigenvalue weighted by atomic mass is 9.73. The van der Waals surface area contributed by atoms with Gasteiger partial charge in [0.1, 0.15) is 0 Å². The van der Waals surface area contributed by atoms with Crippen LogP contribution in [0.3, 0.4) is 0 Å². The number of piperidine rings is 1. The lowest BCUT2D eigenvalue weighted by Crippen LogP contribution is -2.54. The molecule has 3 aliphatic heterocycles. The molecule has 3 aliphatic rings. The fourth-order valence-corrected chi connectivity index (χ4v) is 5.74. The van der Waals surface area contributed by atoms with Crippen LogP contribution in [0.15, 0.2) is 48.8 Å². The summed E-state index contributed by atoms with van der Waals surface area (Å²) in [4.78, 5) is 47.3. The number of carbonyl (C=O) groups excluding carboxylic acids is 3. The van der Waals surface area contributed by atoms with Crippen molar-refractivity contribution in [3.63, 3.8) is 0 Å². The third-order valence-electron chi connectivity index (χ3n) is 7.42. The van der Waals surface area contributed by atoms with Gasteiger partial charge in [0.2, 0.25) is 5.91 Å². The van der Waals surface area contributed by atoms with Crippen molar-refractivity contribution in [2.75, 3.05) is 26.2 Å². The average Bonchev–Trinajstić information content (AvgIpc) is 3.49. The number of amides is 4. The summed E-state index contributed by atoms with van der Waals surface area (Å²) in [7, 11) is 0. The Morgan fingerprint density at radius 1 is 1.14 bits per heavy atom. The molecule has 3 fully saturated rings. The smallest absolute Gasteiger partial charge is 0.325 e. The van der Waals surface area contributed by atoms with Crippen LogP contribution in [-0.2, 0) is 26.3 Å². The first-order valence-electron chi connectivity index (χ1n) is 12.2. The predicted molar refractivity (Wildman–Crippen MR) is 130 cm³/mol. The van der Waals surface area contributed by atoms with Gasteiger partial charge in [0.15, 0.2) is 5.54 Å². The molecule has 1 aromatic carbocycles. The van der Waals surface area contributed by atoms with Crippen LogP contribution in [0.25, 0.3) is 0 Å². The number of ether oxygens (including phenoxy) is 1. The Balaban J connectivity index is 1.34. The summed E-state index contributed by atoms with van der Waals surface area (Å²) in [5.41, 5.74) is 0.284. The second kappa shape index (κ2) is 9.95. The van der Waals surface area contributed by atoms with Crippen LogP contribution in [0.4, 0.5) is 4.79 Å². The highest BCUT2D eigenvalue weighted by atomic mass is 35.5. The van der Waals surface area contributed by atoms with E-state index in [9.17, 15) is 14.4 Å². The van der Waals surface area contributed by atoms with Crippen LogP contribution in [0.2, 0.25) is 5.02 Å². The van der Waals surface area contributed by atoms with E-state index in [0.29, 0.717) is 43.1 Å². The van der Waals surface area contributed by atoms with E-state index in [0.717, 1.165) is 18.4 Å². The number of nitrogens with one attached hydrogen (secondary N) is 1. The summed E-state index contributed by atoms with van der Waals surface area (Å²) < 4.78 is 5.69. The van der Waals surface area contributed by atoms with E-state index in [1.54, 1.807) is 24.5 Å². The van der Waals surface area contributed by atoms with Crippen LogP contribution >= 0.6 is 11.6 Å². The van der Waals surface area contributed by atoms with Gasteiger partial charge >= 0.3 is 6.03 Å². The minimum Gasteiger partial charge on any atom is -0.376 e. The van der Waals surface area contributed by atoms with Gasteiger partial charge in [-0.15, -0.1) is 0 Å². The number of carbonyl (C=O) groups is 3. The highest BCUT2D eigenvalue weighted by molar-refractivity contribution is 6.31. The fourth-order valence-electron chi connectivity index (χ4n) is 5.53. The molecule has 8 nitrogen and oxygen atoms in total. The van der Waals surface area contributed by atoms with Crippen LogP contribution in [0.5, 0.6) is 0 Å². The standard InChI is InChI=1S/C26H29ClN4O4/c27-22-8-2-1-5-18(22)15-23(32)30-12-9-19(10-13-30)26(20-6-3-11-28-16-20)24(33)31(25(34)29-26)17-21-7-4-14-35-21/h1-3,5-6,8,11,16,19,21H,4,7,9-10,12-15,17H2,(H,29,34)/t21-,26-/m1/s1. The summed E-state index contributed by atoms with van der Waals surface area (Å²) in [6, 6.07) is 10.6. The maximum absolute atomic E-state index is 13.9. The predicted octanol–water partition coefficient (Wildman–Crippen LogP) is 3.14. The average molecular weight is 497 g/mol. The SMILES string of the molecule is O=C(Cc1ccccc1Cl)N1CCC([C@]2(c3cccnc3)NC(=O)N(C[C@H]3CCCO3)C2=O)CC1. The topological polar surface area (TPSA) is 91.8 Å². The highest BCUT2D eigenvalue weighted by Gasteiger charge is 2.57. The molecule has 1 aromatic heterocycles. The number of aromatic nitrogens is 1. The fraction of sp³-hybridized carbons (Fsp3) is 0.462. The maximum Gasteiger partial charge on any atom is 0.325 e. The second-order valence-electron chi connectivity index (χ2n) is 9.45. The zero-order chi connectivity index (χ0) is 24.4. The number of benzene rings is 1. The third-order valence-corrected chi connectivity index (χ3v) is 7.79. The minimum atomic E-state index is -1.19. The number of pyridine rings is 1. The van der Waals surface area contributed by atoms with E-state index in [1.807, 2.05) is 29.2 Å². The van der Waals surface area contributed by atoms with Crippen molar-refractivity contribution in [1.29, 1.82) is 0 Å². The Labute approximate surface area is 209 Å². The Hall–Kier alpha value is -2.97. The Kier molecular flexibility index (Phi) is 6.75. The molecule has 0 spiro atoms. The van der Waals surface area contributed by atoms with Crippen LogP contribution in [-0.4, -0.2) is 65.0 Å². The molecule has 5 rings (SSSR count). The molecule has 0 aliphatic carbocycles. The van der Waals surface area contributed by atoms with Gasteiger partial charge in [-0.3, -0.25) is 19.5 Å². The molecule has 0 unspecified atom stereocenters. The van der Waals surface area contributed by atoms with Crippen LogP contribution < -0.4 is 5.32 Å². The number of halogens is 1. The van der Waals surface area contributed by atoms with E-state index < -0.39 is 11.6 Å². The van der Waals surface area contributed by atoms with Crippen molar-refractivity contribution in [2.45, 2.75) is 43.7 Å². The Morgan fingerprint density at radius 2 is 1.94 bits per heavy atom. The monoisotopic (exact) mass is 496 g/mol. The van der Waals surface area contributed by atoms with Crippen molar-refractivity contribution < 1.29 is 19.1 Å². The molecule has 2 atom stereocenters. The molecule has 4 heterocycles. The number of imide groups is 1. The molecule has 9 heteroatoms. The summed E-state index contributed by atoms with van der Waals surface area (Å²) >= 11 is 6.24. The summed E-state index contributed by atoms with van der Waals surface area (Å²) in [6.45, 7) is 1.92. The summed E-state index contributed by atoms with van der Waals surface area (Å²) in [5, 5.41) is 3.62. The molecule has 35 heavy (non-hydrogen) atoms. The van der Waals surface area contributed by atoms with E-state index >= 15 is 0 Å². The molecular formula is C26H29ClN4O4. The van der Waals surface area contributed by atoms with Gasteiger partial charge in [0.05, 0.1) is 19.1 Å². The molecule has 1 N–H and O–H groups in total. The zero-order valence-corrected chi connectivity index (χ0v) is 20.2. The second-order valence-corrected chi connectivity index (χ2v) is 9.86. The number of likely N-dealkylation sites (tertiary alicyclic amines) is 1. The normalized spacial score (nSPS) is 25.2. The van der Waals surface area contributed by atoms with Gasteiger partial charge < -0.3 is 15.0 Å². The number of hydrogen-bond acceptors (Lipinski definition) is 5. The third kappa shape index (κ3) is 4.52. The van der Waals surface area contributed by atoms with Crippen molar-refractivity contribution in [3.05, 3.63) is 64.9 Å². The summed E-state index contributed by atoms with van der Waals surface area (Å²) in [6.07, 6.45) is 6.36. The molecule has 184 valence electrons. The van der Waals surface area contributed by atoms with Crippen molar-refractivity contribution in [2.24, 2.45) is 5.92 Å². The quantitative estimate of drug-likeness (QED) is 0.620. The van der Waals surface area contributed by atoms with Crippen LogP contribution in [0, 0.1) is 5.92 Å². The van der Waals surface area contributed by atoms with Gasteiger partial charge in [0.25, 0.3) is 5.91 Å². The van der Waals surface area contributed by atoms with Gasteiger partial charge in [-0.1, -0.05) is 35.9 Å². The first-order valence-corrected chi connectivity index (χ1v) is 12.5. The zero-order valence-electron chi connectivity index (χ0n) is 19.5. The molecule has 2 aromatic rings. The lowest BCUT2D eigenvalue weighted by molar-refractivity contribution is -0.137. The number of urea groups is 1. The Morgan fingerprint density at radius 3 is 2.63 bits per heavy atom. The van der Waals surface area contributed by atoms with Crippen molar-refractivity contribution in [1.82, 2.24) is 20.1 Å². The van der Waals surface area contributed by atoms with Gasteiger partial charge in [0, 0.05) is 42.7 Å². The van der Waals surface area contributed by atoms with Crippen molar-refractivity contribution in [3.8, 4) is 0 Å². The van der Waals surface area contributed by atoms with Crippen LogP contribution in [0.1, 0.15) is 36.8 Å². The maximum atomic E-state index is 13.9. The molecule has 3 saturated heterocycles. The first-order chi connectivity index (χ1) is 17.0. The molecule has 0 bridgehead atoms. The van der Waals surface area contributed by atoms with E-state index in [4.69, 9.17) is 16.3 Å². The van der Waals surface area contributed by atoms with E-state index in [1.165, 1.54) is 4.90 Å². The first kappa shape index (κ1) is 23.8. The number of hydrogen-bond donors (Lipinski definition) is 1. The minimum absolute atomic E-state index is 0.00812.